The van der Waals surface area contributed by atoms with Crippen LogP contribution in [-0.4, -0.2) is 43.9 Å². The lowest BCUT2D eigenvalue weighted by molar-refractivity contribution is -0.253. The van der Waals surface area contributed by atoms with E-state index in [1.165, 1.54) is 3.98 Å². The Morgan fingerprint density at radius 3 is 2.56 bits per heavy atom. The highest BCUT2D eigenvalue weighted by Crippen LogP contribution is 2.35. The van der Waals surface area contributed by atoms with Crippen LogP contribution in [0.4, 0.5) is 11.4 Å². The van der Waals surface area contributed by atoms with Crippen LogP contribution in [-0.2, 0) is 16.4 Å². The van der Waals surface area contributed by atoms with Gasteiger partial charge in [-0.15, -0.1) is 0 Å². The molecule has 0 amide bonds. The van der Waals surface area contributed by atoms with Crippen molar-refractivity contribution in [2.24, 2.45) is 4.99 Å². The quantitative estimate of drug-likeness (QED) is 0.404. The third-order valence-electron chi connectivity index (χ3n) is 6.20. The van der Waals surface area contributed by atoms with E-state index in [9.17, 15) is 13.5 Å². The Bertz CT molecular complexity index is 1520. The molecule has 2 N–H and O–H groups in total. The van der Waals surface area contributed by atoms with Crippen LogP contribution in [0.15, 0.2) is 64.5 Å². The summed E-state index contributed by atoms with van der Waals surface area (Å²) >= 11 is 0. The van der Waals surface area contributed by atoms with E-state index in [1.807, 2.05) is 31.2 Å². The van der Waals surface area contributed by atoms with Crippen LogP contribution in [0.25, 0.3) is 5.57 Å². The first-order valence-corrected chi connectivity index (χ1v) is 12.6. The molecule has 0 saturated carbocycles. The zero-order valence-electron chi connectivity index (χ0n) is 19.1. The van der Waals surface area contributed by atoms with Crippen molar-refractivity contribution in [2.75, 3.05) is 25.5 Å². The minimum atomic E-state index is -3.89. The summed E-state index contributed by atoms with van der Waals surface area (Å²) in [5.74, 6) is 0.708. The SMILES string of the molecule is COc1ccc(CCNc2cc3c4c(c2O)[N+](S(=O)(=O)c2ccc(C)cc2)=CC=4CCN=3)cc1. The number of methoxy groups -OCH3 is 1. The van der Waals surface area contributed by atoms with E-state index in [0.717, 1.165) is 28.9 Å². The second kappa shape index (κ2) is 8.61. The molecule has 3 aromatic carbocycles. The van der Waals surface area contributed by atoms with Crippen molar-refractivity contribution in [3.63, 3.8) is 0 Å². The standard InChI is InChI=1S/C26H25N3O4S/c1-17-3-9-21(10-4-17)34(31,32)29-16-19-12-14-27-22-15-23(26(30)25(29)24(19)22)28-13-11-18-5-7-20(33-2)8-6-18/h3-10,15-16H,11-14H2,1-2H3,(H,27,28)/p+1. The molecule has 0 aliphatic carbocycles. The molecule has 34 heavy (non-hydrogen) atoms. The summed E-state index contributed by atoms with van der Waals surface area (Å²) in [5, 5.41) is 15.9. The van der Waals surface area contributed by atoms with Gasteiger partial charge >= 0.3 is 10.0 Å². The van der Waals surface area contributed by atoms with Gasteiger partial charge < -0.3 is 15.2 Å². The van der Waals surface area contributed by atoms with Gasteiger partial charge in [0.25, 0.3) is 5.69 Å². The Morgan fingerprint density at radius 2 is 1.85 bits per heavy atom. The first-order valence-electron chi connectivity index (χ1n) is 11.1. The molecule has 0 radical (unpaired) electrons. The molecule has 0 spiro atoms. The lowest BCUT2D eigenvalue weighted by atomic mass is 10.1. The molecule has 0 aromatic heterocycles. The number of hydrogen-bond acceptors (Lipinski definition) is 6. The average molecular weight is 477 g/mol. The molecule has 2 aliphatic heterocycles. The van der Waals surface area contributed by atoms with Gasteiger partial charge in [-0.2, -0.15) is 8.42 Å². The Kier molecular flexibility index (Phi) is 5.61. The van der Waals surface area contributed by atoms with E-state index < -0.39 is 10.0 Å². The van der Waals surface area contributed by atoms with Crippen LogP contribution in [0.2, 0.25) is 0 Å². The molecule has 7 nitrogen and oxygen atoms in total. The molecule has 3 aromatic rings. The number of anilines is 1. The fourth-order valence-corrected chi connectivity index (χ4v) is 5.73. The van der Waals surface area contributed by atoms with E-state index in [1.54, 1.807) is 43.7 Å². The number of phenols is 1. The minimum Gasteiger partial charge on any atom is -0.501 e. The molecule has 0 fully saturated rings. The van der Waals surface area contributed by atoms with Crippen LogP contribution in [0.1, 0.15) is 17.5 Å². The number of rotatable bonds is 7. The molecular weight excluding hydrogens is 450 g/mol. The third-order valence-corrected chi connectivity index (χ3v) is 7.87. The lowest BCUT2D eigenvalue weighted by Gasteiger charge is -2.11. The van der Waals surface area contributed by atoms with E-state index >= 15 is 0 Å². The first kappa shape index (κ1) is 22.2. The normalized spacial score (nSPS) is 14.3. The van der Waals surface area contributed by atoms with Crippen LogP contribution in [0.3, 0.4) is 0 Å². The lowest BCUT2D eigenvalue weighted by Crippen LogP contribution is -2.32. The molecule has 2 aliphatic rings. The van der Waals surface area contributed by atoms with Crippen molar-refractivity contribution >= 4 is 33.2 Å². The fourth-order valence-electron chi connectivity index (χ4n) is 4.34. The largest absolute Gasteiger partial charge is 0.501 e. The van der Waals surface area contributed by atoms with Crippen LogP contribution in [0, 0.1) is 6.92 Å². The fraction of sp³-hybridized carbons (Fsp3) is 0.231. The summed E-state index contributed by atoms with van der Waals surface area (Å²) in [6.45, 7) is 3.04. The molecule has 8 heteroatoms. The molecule has 174 valence electrons. The summed E-state index contributed by atoms with van der Waals surface area (Å²) in [5.41, 5.74) is 3.70. The van der Waals surface area contributed by atoms with Gasteiger partial charge in [0.05, 0.1) is 23.4 Å². The van der Waals surface area contributed by atoms with Crippen LogP contribution < -0.4 is 20.6 Å². The number of aryl methyl sites for hydroxylation is 1. The van der Waals surface area contributed by atoms with Gasteiger partial charge in [0, 0.05) is 18.7 Å². The summed E-state index contributed by atoms with van der Waals surface area (Å²) in [6, 6.07) is 16.3. The predicted octanol–water partition coefficient (Wildman–Crippen LogP) is 2.66. The molecule has 5 rings (SSSR count). The van der Waals surface area contributed by atoms with Crippen LogP contribution >= 0.6 is 0 Å². The maximum atomic E-state index is 13.5. The van der Waals surface area contributed by atoms with E-state index in [0.29, 0.717) is 35.8 Å². The van der Waals surface area contributed by atoms with Gasteiger partial charge in [-0.3, -0.25) is 4.99 Å². The molecular formula is C26H26N3O4S+. The Labute approximate surface area is 198 Å². The number of nitrogens with one attached hydrogen (secondary N) is 1. The monoisotopic (exact) mass is 476 g/mol. The minimum absolute atomic E-state index is 0.0903. The van der Waals surface area contributed by atoms with Gasteiger partial charge in [0.2, 0.25) is 5.75 Å². The van der Waals surface area contributed by atoms with Gasteiger partial charge in [-0.05, 0) is 55.7 Å². The average Bonchev–Trinajstić information content (AvgIpc) is 3.25. The Balaban J connectivity index is 1.49. The smallest absolute Gasteiger partial charge is 0.400 e. The van der Waals surface area contributed by atoms with Crippen molar-refractivity contribution in [3.8, 4) is 11.5 Å². The summed E-state index contributed by atoms with van der Waals surface area (Å²) < 4.78 is 33.5. The molecule has 2 heterocycles. The van der Waals surface area contributed by atoms with Crippen molar-refractivity contribution in [1.82, 2.24) is 0 Å². The number of benzene rings is 3. The third kappa shape index (κ3) is 3.84. The maximum absolute atomic E-state index is 13.5. The highest BCUT2D eigenvalue weighted by Gasteiger charge is 2.39. The van der Waals surface area contributed by atoms with E-state index in [4.69, 9.17) is 4.74 Å². The summed E-state index contributed by atoms with van der Waals surface area (Å²) in [4.78, 5) is 4.78. The second-order valence-corrected chi connectivity index (χ2v) is 10.3. The number of hydrogen-bond donors (Lipinski definition) is 2. The highest BCUT2D eigenvalue weighted by molar-refractivity contribution is 7.85. The van der Waals surface area contributed by atoms with Crippen molar-refractivity contribution in [3.05, 3.63) is 76.3 Å². The van der Waals surface area contributed by atoms with Gasteiger partial charge in [-0.25, -0.2) is 0 Å². The number of phenolic OH excluding ortho intramolecular Hbond substituents is 1. The molecule has 0 atom stereocenters. The number of nitrogens with zero attached hydrogens (tertiary/aromatic N) is 2. The van der Waals surface area contributed by atoms with Gasteiger partial charge in [0.15, 0.2) is 6.21 Å². The van der Waals surface area contributed by atoms with Gasteiger partial charge in [-0.1, -0.05) is 33.8 Å². The van der Waals surface area contributed by atoms with Gasteiger partial charge in [0.1, 0.15) is 10.6 Å². The van der Waals surface area contributed by atoms with Crippen molar-refractivity contribution in [2.45, 2.75) is 24.7 Å². The molecule has 0 bridgehead atoms. The summed E-state index contributed by atoms with van der Waals surface area (Å²) in [7, 11) is -2.26. The molecule has 0 saturated heterocycles. The van der Waals surface area contributed by atoms with Crippen molar-refractivity contribution < 1.29 is 22.2 Å². The number of ether oxygens (including phenoxy) is 1. The topological polar surface area (TPSA) is 91.0 Å². The van der Waals surface area contributed by atoms with E-state index in [-0.39, 0.29) is 16.3 Å². The summed E-state index contributed by atoms with van der Waals surface area (Å²) in [6.07, 6.45) is 2.98. The maximum Gasteiger partial charge on any atom is 0.400 e. The van der Waals surface area contributed by atoms with Crippen LogP contribution in [0.5, 0.6) is 11.5 Å². The number of sulfonamides is 1. The zero-order valence-corrected chi connectivity index (χ0v) is 19.9. The van der Waals surface area contributed by atoms with E-state index in [2.05, 4.69) is 10.3 Å². The zero-order chi connectivity index (χ0) is 23.9. The first-order chi connectivity index (χ1) is 16.4. The predicted molar refractivity (Wildman–Crippen MR) is 131 cm³/mol. The number of aromatic hydroxyl groups is 1. The Hall–Kier alpha value is -3.65. The van der Waals surface area contributed by atoms with Crippen molar-refractivity contribution in [1.29, 1.82) is 0 Å². The Morgan fingerprint density at radius 1 is 1.12 bits per heavy atom. The molecule has 0 unspecified atom stereocenters. The second-order valence-electron chi connectivity index (χ2n) is 8.44. The highest BCUT2D eigenvalue weighted by atomic mass is 32.2.